The predicted octanol–water partition coefficient (Wildman–Crippen LogP) is 4.41. The molecule has 1 amide bonds. The van der Waals surface area contributed by atoms with Crippen molar-refractivity contribution in [2.75, 3.05) is 13.1 Å². The number of rotatable bonds is 3. The largest absolute Gasteiger partial charge is 0.444 e. The highest BCUT2D eigenvalue weighted by atomic mass is 19.1. The number of amides is 1. The van der Waals surface area contributed by atoms with E-state index in [0.29, 0.717) is 31.8 Å². The van der Waals surface area contributed by atoms with Gasteiger partial charge in [0.15, 0.2) is 0 Å². The van der Waals surface area contributed by atoms with Gasteiger partial charge in [0.25, 0.3) is 0 Å². The van der Waals surface area contributed by atoms with Gasteiger partial charge in [-0.2, -0.15) is 0 Å². The average Bonchev–Trinajstić information content (AvgIpc) is 2.26. The van der Waals surface area contributed by atoms with E-state index in [2.05, 4.69) is 13.8 Å². The number of halogens is 1. The summed E-state index contributed by atoms with van der Waals surface area (Å²) in [5, 5.41) is 0. The van der Waals surface area contributed by atoms with Crippen LogP contribution in [0, 0.1) is 11.8 Å². The quantitative estimate of drug-likeness (QED) is 0.769. The molecule has 0 N–H and O–H groups in total. The maximum atomic E-state index is 14.9. The molecular formula is C16H30FNO2. The average molecular weight is 287 g/mol. The van der Waals surface area contributed by atoms with Crippen LogP contribution in [0.15, 0.2) is 0 Å². The van der Waals surface area contributed by atoms with E-state index < -0.39 is 11.3 Å². The molecule has 0 spiro atoms. The minimum atomic E-state index is -1.14. The van der Waals surface area contributed by atoms with Crippen LogP contribution >= 0.6 is 0 Å². The first kappa shape index (κ1) is 17.3. The molecule has 20 heavy (non-hydrogen) atoms. The van der Waals surface area contributed by atoms with Gasteiger partial charge in [-0.25, -0.2) is 9.18 Å². The lowest BCUT2D eigenvalue weighted by atomic mass is 9.78. The second kappa shape index (κ2) is 6.31. The van der Waals surface area contributed by atoms with Crippen molar-refractivity contribution in [3.8, 4) is 0 Å². The fourth-order valence-electron chi connectivity index (χ4n) is 2.80. The highest BCUT2D eigenvalue weighted by Crippen LogP contribution is 2.37. The van der Waals surface area contributed by atoms with Crippen LogP contribution < -0.4 is 0 Å². The number of nitrogens with zero attached hydrogens (tertiary/aromatic N) is 1. The van der Waals surface area contributed by atoms with Crippen LogP contribution in [0.3, 0.4) is 0 Å². The van der Waals surface area contributed by atoms with Crippen LogP contribution in [-0.2, 0) is 4.74 Å². The van der Waals surface area contributed by atoms with Gasteiger partial charge in [0.1, 0.15) is 11.3 Å². The van der Waals surface area contributed by atoms with Gasteiger partial charge in [0.05, 0.1) is 0 Å². The van der Waals surface area contributed by atoms with Crippen LogP contribution in [0.5, 0.6) is 0 Å². The molecule has 0 aromatic carbocycles. The molecule has 1 heterocycles. The second-order valence-corrected chi connectivity index (χ2v) is 7.53. The lowest BCUT2D eigenvalue weighted by Crippen LogP contribution is -2.48. The molecule has 0 aromatic rings. The van der Waals surface area contributed by atoms with Crippen molar-refractivity contribution in [2.24, 2.45) is 11.8 Å². The van der Waals surface area contributed by atoms with E-state index in [4.69, 9.17) is 4.74 Å². The molecule has 0 bridgehead atoms. The molecule has 4 heteroatoms. The molecule has 3 nitrogen and oxygen atoms in total. The fourth-order valence-corrected chi connectivity index (χ4v) is 2.80. The van der Waals surface area contributed by atoms with Crippen LogP contribution in [0.25, 0.3) is 0 Å². The number of piperidine rings is 1. The van der Waals surface area contributed by atoms with Crippen molar-refractivity contribution in [3.63, 3.8) is 0 Å². The van der Waals surface area contributed by atoms with Crippen molar-refractivity contribution in [1.29, 1.82) is 0 Å². The zero-order valence-corrected chi connectivity index (χ0v) is 13.8. The van der Waals surface area contributed by atoms with Gasteiger partial charge < -0.3 is 9.64 Å². The summed E-state index contributed by atoms with van der Waals surface area (Å²) in [5.41, 5.74) is -1.63. The molecule has 1 saturated heterocycles. The van der Waals surface area contributed by atoms with Crippen molar-refractivity contribution in [2.45, 2.75) is 72.1 Å². The molecule has 1 fully saturated rings. The Kier molecular flexibility index (Phi) is 5.45. The number of likely N-dealkylation sites (tertiary alicyclic amines) is 1. The van der Waals surface area contributed by atoms with E-state index in [1.807, 2.05) is 27.7 Å². The summed E-state index contributed by atoms with van der Waals surface area (Å²) < 4.78 is 20.3. The third-order valence-electron chi connectivity index (χ3n) is 3.95. The van der Waals surface area contributed by atoms with Crippen molar-refractivity contribution >= 4 is 6.09 Å². The SMILES string of the molecule is CC(C)CC(C)C1(F)CCN(C(=O)OC(C)(C)C)CC1. The Balaban J connectivity index is 2.52. The Labute approximate surface area is 122 Å². The smallest absolute Gasteiger partial charge is 0.410 e. The van der Waals surface area contributed by atoms with Gasteiger partial charge in [-0.1, -0.05) is 20.8 Å². The Hall–Kier alpha value is -0.800. The Morgan fingerprint density at radius 1 is 1.25 bits per heavy atom. The lowest BCUT2D eigenvalue weighted by molar-refractivity contribution is -0.0155. The van der Waals surface area contributed by atoms with E-state index in [-0.39, 0.29) is 12.0 Å². The lowest BCUT2D eigenvalue weighted by Gasteiger charge is -2.40. The molecule has 1 rings (SSSR count). The molecule has 1 aliphatic rings. The molecule has 0 saturated carbocycles. The maximum absolute atomic E-state index is 14.9. The van der Waals surface area contributed by atoms with Gasteiger partial charge >= 0.3 is 6.09 Å². The third-order valence-corrected chi connectivity index (χ3v) is 3.95. The number of ether oxygens (including phenoxy) is 1. The molecule has 1 unspecified atom stereocenters. The summed E-state index contributed by atoms with van der Waals surface area (Å²) in [4.78, 5) is 13.6. The van der Waals surface area contributed by atoms with Gasteiger partial charge in [0.2, 0.25) is 0 Å². The zero-order valence-electron chi connectivity index (χ0n) is 13.8. The number of carbonyl (C=O) groups excluding carboxylic acids is 1. The molecule has 1 aliphatic heterocycles. The van der Waals surface area contributed by atoms with Gasteiger partial charge in [0, 0.05) is 13.1 Å². The number of hydrogen-bond donors (Lipinski definition) is 0. The summed E-state index contributed by atoms with van der Waals surface area (Å²) in [7, 11) is 0. The van der Waals surface area contributed by atoms with E-state index in [1.54, 1.807) is 4.90 Å². The third kappa shape index (κ3) is 4.95. The van der Waals surface area contributed by atoms with E-state index in [1.165, 1.54) is 0 Å². The van der Waals surface area contributed by atoms with Gasteiger partial charge in [-0.05, 0) is 51.9 Å². The first-order chi connectivity index (χ1) is 9.03. The van der Waals surface area contributed by atoms with Crippen molar-refractivity contribution in [1.82, 2.24) is 4.90 Å². The summed E-state index contributed by atoms with van der Waals surface area (Å²) in [6.45, 7) is 12.7. The number of carbonyl (C=O) groups is 1. The summed E-state index contributed by atoms with van der Waals surface area (Å²) in [5.74, 6) is 0.546. The molecule has 118 valence electrons. The van der Waals surface area contributed by atoms with Gasteiger partial charge in [-0.3, -0.25) is 0 Å². The predicted molar refractivity (Wildman–Crippen MR) is 79.5 cm³/mol. The van der Waals surface area contributed by atoms with Crippen molar-refractivity contribution < 1.29 is 13.9 Å². The maximum Gasteiger partial charge on any atom is 0.410 e. The number of hydrogen-bond acceptors (Lipinski definition) is 2. The monoisotopic (exact) mass is 287 g/mol. The molecule has 0 aromatic heterocycles. The minimum absolute atomic E-state index is 0.0447. The normalized spacial score (nSPS) is 20.9. The first-order valence-corrected chi connectivity index (χ1v) is 7.70. The molecule has 0 aliphatic carbocycles. The first-order valence-electron chi connectivity index (χ1n) is 7.70. The Morgan fingerprint density at radius 2 is 1.75 bits per heavy atom. The van der Waals surface area contributed by atoms with Crippen LogP contribution in [0.1, 0.15) is 60.8 Å². The van der Waals surface area contributed by atoms with E-state index >= 15 is 0 Å². The molecular weight excluding hydrogens is 257 g/mol. The highest BCUT2D eigenvalue weighted by molar-refractivity contribution is 5.68. The van der Waals surface area contributed by atoms with E-state index in [0.717, 1.165) is 6.42 Å². The van der Waals surface area contributed by atoms with Gasteiger partial charge in [-0.15, -0.1) is 0 Å². The van der Waals surface area contributed by atoms with E-state index in [9.17, 15) is 9.18 Å². The zero-order chi connectivity index (χ0) is 15.6. The molecule has 1 atom stereocenters. The highest BCUT2D eigenvalue weighted by Gasteiger charge is 2.41. The Morgan fingerprint density at radius 3 is 2.15 bits per heavy atom. The molecule has 0 radical (unpaired) electrons. The Bertz CT molecular complexity index is 328. The van der Waals surface area contributed by atoms with Crippen LogP contribution in [0.2, 0.25) is 0 Å². The van der Waals surface area contributed by atoms with Crippen LogP contribution in [0.4, 0.5) is 9.18 Å². The van der Waals surface area contributed by atoms with Crippen molar-refractivity contribution in [3.05, 3.63) is 0 Å². The topological polar surface area (TPSA) is 29.5 Å². The summed E-state index contributed by atoms with van der Waals surface area (Å²) in [6.07, 6.45) is 1.40. The fraction of sp³-hybridized carbons (Fsp3) is 0.938. The number of alkyl halides is 1. The van der Waals surface area contributed by atoms with Crippen LogP contribution in [-0.4, -0.2) is 35.4 Å². The summed E-state index contributed by atoms with van der Waals surface area (Å²) >= 11 is 0. The summed E-state index contributed by atoms with van der Waals surface area (Å²) in [6, 6.07) is 0. The standard InChI is InChI=1S/C16H30FNO2/c1-12(2)11-13(3)16(17)7-9-18(10-8-16)14(19)20-15(4,5)6/h12-13H,7-11H2,1-6H3. The minimum Gasteiger partial charge on any atom is -0.444 e. The second-order valence-electron chi connectivity index (χ2n) is 7.53.